The molecule has 1 aromatic carbocycles. The van der Waals surface area contributed by atoms with Crippen LogP contribution in [0.5, 0.6) is 0 Å². The Bertz CT molecular complexity index is 629. The summed E-state index contributed by atoms with van der Waals surface area (Å²) in [4.78, 5) is 7.33. The minimum Gasteiger partial charge on any atom is -0.469 e. The maximum absolute atomic E-state index is 5.42. The Balaban J connectivity index is 2.25. The van der Waals surface area contributed by atoms with Crippen LogP contribution in [-0.2, 0) is 0 Å². The molecule has 0 saturated heterocycles. The van der Waals surface area contributed by atoms with E-state index in [1.165, 1.54) is 11.1 Å². The number of fused-ring (bicyclic) bond motifs is 1. The lowest BCUT2D eigenvalue weighted by atomic mass is 10.0. The Hall–Kier alpha value is -2.03. The van der Waals surface area contributed by atoms with Gasteiger partial charge in [-0.1, -0.05) is 6.07 Å². The number of hydrogen-bond acceptors (Lipinski definition) is 2. The summed E-state index contributed by atoms with van der Waals surface area (Å²) in [6.45, 7) is 4.04. The minimum atomic E-state index is 0.955. The number of aryl methyl sites for hydroxylation is 2. The van der Waals surface area contributed by atoms with Crippen molar-refractivity contribution >= 4 is 11.0 Å². The quantitative estimate of drug-likeness (QED) is 0.671. The maximum atomic E-state index is 5.42. The molecular formula is C13H12N2O. The van der Waals surface area contributed by atoms with Crippen molar-refractivity contribution in [3.8, 4) is 11.1 Å². The summed E-state index contributed by atoms with van der Waals surface area (Å²) < 4.78 is 5.42. The SMILES string of the molecule is Cc1coc(C)c1-c1ccc2nc[nH]c2c1. The van der Waals surface area contributed by atoms with Gasteiger partial charge in [-0.2, -0.15) is 0 Å². The zero-order valence-corrected chi connectivity index (χ0v) is 9.24. The van der Waals surface area contributed by atoms with Crippen molar-refractivity contribution in [2.45, 2.75) is 13.8 Å². The van der Waals surface area contributed by atoms with Gasteiger partial charge in [-0.25, -0.2) is 4.98 Å². The van der Waals surface area contributed by atoms with Gasteiger partial charge in [0, 0.05) is 5.56 Å². The van der Waals surface area contributed by atoms with E-state index in [2.05, 4.69) is 29.0 Å². The molecule has 0 radical (unpaired) electrons. The fourth-order valence-corrected chi connectivity index (χ4v) is 2.09. The average molecular weight is 212 g/mol. The van der Waals surface area contributed by atoms with E-state index in [1.807, 2.05) is 13.0 Å². The number of furan rings is 1. The van der Waals surface area contributed by atoms with E-state index in [-0.39, 0.29) is 0 Å². The number of H-pyrrole nitrogens is 1. The first-order valence-corrected chi connectivity index (χ1v) is 5.24. The summed E-state index contributed by atoms with van der Waals surface area (Å²) >= 11 is 0. The zero-order chi connectivity index (χ0) is 11.1. The molecule has 0 aliphatic carbocycles. The summed E-state index contributed by atoms with van der Waals surface area (Å²) in [5.41, 5.74) is 5.55. The number of aromatic nitrogens is 2. The van der Waals surface area contributed by atoms with Gasteiger partial charge in [0.15, 0.2) is 0 Å². The third-order valence-electron chi connectivity index (χ3n) is 2.87. The number of aromatic amines is 1. The second kappa shape index (κ2) is 3.23. The molecule has 0 aliphatic rings. The lowest BCUT2D eigenvalue weighted by Crippen LogP contribution is -1.81. The third kappa shape index (κ3) is 1.25. The second-order valence-corrected chi connectivity index (χ2v) is 3.98. The van der Waals surface area contributed by atoms with Crippen LogP contribution in [-0.4, -0.2) is 9.97 Å². The molecule has 3 heteroatoms. The molecule has 3 rings (SSSR count). The lowest BCUT2D eigenvalue weighted by molar-refractivity contribution is 0.534. The van der Waals surface area contributed by atoms with E-state index < -0.39 is 0 Å². The number of nitrogens with zero attached hydrogens (tertiary/aromatic N) is 1. The van der Waals surface area contributed by atoms with Gasteiger partial charge in [-0.15, -0.1) is 0 Å². The largest absolute Gasteiger partial charge is 0.469 e. The highest BCUT2D eigenvalue weighted by Crippen LogP contribution is 2.29. The number of imidazole rings is 1. The molecule has 80 valence electrons. The standard InChI is InChI=1S/C13H12N2O/c1-8-6-16-9(2)13(8)10-3-4-11-12(5-10)15-7-14-11/h3-7H,1-2H3,(H,14,15). The van der Waals surface area contributed by atoms with Gasteiger partial charge in [0.1, 0.15) is 5.76 Å². The maximum Gasteiger partial charge on any atom is 0.108 e. The molecule has 0 aliphatic heterocycles. The molecule has 0 unspecified atom stereocenters. The molecule has 0 saturated carbocycles. The van der Waals surface area contributed by atoms with Crippen LogP contribution in [0, 0.1) is 13.8 Å². The van der Waals surface area contributed by atoms with Gasteiger partial charge in [0.05, 0.1) is 23.6 Å². The van der Waals surface area contributed by atoms with Crippen LogP contribution in [0.25, 0.3) is 22.2 Å². The van der Waals surface area contributed by atoms with Crippen molar-refractivity contribution in [2.75, 3.05) is 0 Å². The zero-order valence-electron chi connectivity index (χ0n) is 9.24. The highest BCUT2D eigenvalue weighted by Gasteiger charge is 2.10. The van der Waals surface area contributed by atoms with Crippen LogP contribution in [0.1, 0.15) is 11.3 Å². The van der Waals surface area contributed by atoms with Crippen LogP contribution in [0.2, 0.25) is 0 Å². The summed E-state index contributed by atoms with van der Waals surface area (Å²) in [5, 5.41) is 0. The lowest BCUT2D eigenvalue weighted by Gasteiger charge is -2.01. The molecule has 3 aromatic rings. The van der Waals surface area contributed by atoms with Crippen molar-refractivity contribution in [3.05, 3.63) is 42.1 Å². The fraction of sp³-hybridized carbons (Fsp3) is 0.154. The van der Waals surface area contributed by atoms with E-state index in [1.54, 1.807) is 12.6 Å². The second-order valence-electron chi connectivity index (χ2n) is 3.98. The van der Waals surface area contributed by atoms with Gasteiger partial charge >= 0.3 is 0 Å². The van der Waals surface area contributed by atoms with Crippen molar-refractivity contribution in [3.63, 3.8) is 0 Å². The Morgan fingerprint density at radius 2 is 2.12 bits per heavy atom. The summed E-state index contributed by atoms with van der Waals surface area (Å²) in [6.07, 6.45) is 3.51. The van der Waals surface area contributed by atoms with E-state index in [4.69, 9.17) is 4.42 Å². The topological polar surface area (TPSA) is 41.8 Å². The first kappa shape index (κ1) is 9.21. The Kier molecular flexibility index (Phi) is 1.86. The predicted octanol–water partition coefficient (Wildman–Crippen LogP) is 3.44. The Labute approximate surface area is 93.1 Å². The molecule has 2 aromatic heterocycles. The summed E-state index contributed by atoms with van der Waals surface area (Å²) in [7, 11) is 0. The van der Waals surface area contributed by atoms with Crippen LogP contribution >= 0.6 is 0 Å². The average Bonchev–Trinajstić information content (AvgIpc) is 2.85. The van der Waals surface area contributed by atoms with Crippen LogP contribution in [0.3, 0.4) is 0 Å². The van der Waals surface area contributed by atoms with Gasteiger partial charge in [-0.05, 0) is 37.1 Å². The van der Waals surface area contributed by atoms with Crippen LogP contribution in [0.15, 0.2) is 35.2 Å². The van der Waals surface area contributed by atoms with E-state index in [0.29, 0.717) is 0 Å². The summed E-state index contributed by atoms with van der Waals surface area (Å²) in [5.74, 6) is 0.955. The highest BCUT2D eigenvalue weighted by atomic mass is 16.3. The summed E-state index contributed by atoms with van der Waals surface area (Å²) in [6, 6.07) is 6.20. The molecule has 1 N–H and O–H groups in total. The third-order valence-corrected chi connectivity index (χ3v) is 2.87. The monoisotopic (exact) mass is 212 g/mol. The Morgan fingerprint density at radius 1 is 1.25 bits per heavy atom. The molecule has 0 fully saturated rings. The minimum absolute atomic E-state index is 0.955. The van der Waals surface area contributed by atoms with E-state index in [0.717, 1.165) is 22.4 Å². The van der Waals surface area contributed by atoms with Gasteiger partial charge in [-0.3, -0.25) is 0 Å². The van der Waals surface area contributed by atoms with Crippen LogP contribution < -0.4 is 0 Å². The first-order valence-electron chi connectivity index (χ1n) is 5.24. The number of rotatable bonds is 1. The molecule has 0 amide bonds. The first-order chi connectivity index (χ1) is 7.75. The van der Waals surface area contributed by atoms with Gasteiger partial charge < -0.3 is 9.40 Å². The van der Waals surface area contributed by atoms with Crippen molar-refractivity contribution in [2.24, 2.45) is 0 Å². The molecule has 3 nitrogen and oxygen atoms in total. The number of hydrogen-bond donors (Lipinski definition) is 1. The van der Waals surface area contributed by atoms with Gasteiger partial charge in [0.2, 0.25) is 0 Å². The molecule has 2 heterocycles. The van der Waals surface area contributed by atoms with Crippen molar-refractivity contribution in [1.82, 2.24) is 9.97 Å². The predicted molar refractivity (Wildman–Crippen MR) is 63.3 cm³/mol. The van der Waals surface area contributed by atoms with E-state index in [9.17, 15) is 0 Å². The highest BCUT2D eigenvalue weighted by molar-refractivity contribution is 5.82. The fourth-order valence-electron chi connectivity index (χ4n) is 2.09. The van der Waals surface area contributed by atoms with Crippen molar-refractivity contribution < 1.29 is 4.42 Å². The normalized spacial score (nSPS) is 11.1. The number of benzene rings is 1. The molecule has 0 atom stereocenters. The van der Waals surface area contributed by atoms with Gasteiger partial charge in [0.25, 0.3) is 0 Å². The Morgan fingerprint density at radius 3 is 2.88 bits per heavy atom. The molecular weight excluding hydrogens is 200 g/mol. The molecule has 0 spiro atoms. The smallest absolute Gasteiger partial charge is 0.108 e. The molecule has 16 heavy (non-hydrogen) atoms. The number of nitrogens with one attached hydrogen (secondary N) is 1. The van der Waals surface area contributed by atoms with Crippen LogP contribution in [0.4, 0.5) is 0 Å². The van der Waals surface area contributed by atoms with Crippen molar-refractivity contribution in [1.29, 1.82) is 0 Å². The van der Waals surface area contributed by atoms with E-state index >= 15 is 0 Å². The molecule has 0 bridgehead atoms.